The van der Waals surface area contributed by atoms with Crippen molar-refractivity contribution in [2.24, 2.45) is 11.7 Å². The minimum atomic E-state index is -3.46. The molecule has 0 saturated heterocycles. The van der Waals surface area contributed by atoms with Gasteiger partial charge in [0.05, 0.1) is 4.90 Å². The average Bonchev–Trinajstić information content (AvgIpc) is 3.25. The molecule has 1 fully saturated rings. The van der Waals surface area contributed by atoms with Gasteiger partial charge < -0.3 is 5.73 Å². The summed E-state index contributed by atoms with van der Waals surface area (Å²) in [4.78, 5) is 0.381. The Morgan fingerprint density at radius 1 is 1.38 bits per heavy atom. The third-order valence-electron chi connectivity index (χ3n) is 3.84. The van der Waals surface area contributed by atoms with Crippen molar-refractivity contribution in [2.45, 2.75) is 44.6 Å². The molecule has 0 amide bonds. The van der Waals surface area contributed by atoms with E-state index in [-0.39, 0.29) is 0 Å². The monoisotopic (exact) mass is 374 g/mol. The molecular weight excluding hydrogens is 352 g/mol. The Kier molecular flexibility index (Phi) is 5.46. The molecule has 118 valence electrons. The maximum atomic E-state index is 13.0. The predicted octanol–water partition coefficient (Wildman–Crippen LogP) is 3.03. The second-order valence-corrected chi connectivity index (χ2v) is 8.47. The van der Waals surface area contributed by atoms with Crippen LogP contribution in [0.4, 0.5) is 0 Å². The fourth-order valence-electron chi connectivity index (χ4n) is 2.38. The molecule has 2 rings (SSSR count). The summed E-state index contributed by atoms with van der Waals surface area (Å²) in [6.07, 6.45) is 3.10. The van der Waals surface area contributed by atoms with Crippen molar-refractivity contribution in [3.05, 3.63) is 27.7 Å². The van der Waals surface area contributed by atoms with Crippen molar-refractivity contribution < 1.29 is 8.42 Å². The van der Waals surface area contributed by atoms with E-state index in [4.69, 9.17) is 5.73 Å². The lowest BCUT2D eigenvalue weighted by molar-refractivity contribution is 0.395. The second kappa shape index (κ2) is 6.77. The Bertz CT molecular complexity index is 612. The molecule has 2 N–H and O–H groups in total. The second-order valence-electron chi connectivity index (χ2n) is 5.71. The SMILES string of the molecule is CCCN(CC1CC1)S(=O)(=O)c1cc(CN)cc(Br)c1C. The maximum Gasteiger partial charge on any atom is 0.243 e. The molecule has 0 atom stereocenters. The van der Waals surface area contributed by atoms with Gasteiger partial charge in [-0.2, -0.15) is 4.31 Å². The molecule has 1 aliphatic carbocycles. The summed E-state index contributed by atoms with van der Waals surface area (Å²) in [6, 6.07) is 3.60. The van der Waals surface area contributed by atoms with Crippen LogP contribution in [0.5, 0.6) is 0 Å². The van der Waals surface area contributed by atoms with Gasteiger partial charge in [-0.15, -0.1) is 0 Å². The molecule has 0 heterocycles. The molecule has 1 aromatic carbocycles. The molecule has 1 saturated carbocycles. The quantitative estimate of drug-likeness (QED) is 0.797. The topological polar surface area (TPSA) is 63.4 Å². The first kappa shape index (κ1) is 16.9. The van der Waals surface area contributed by atoms with E-state index < -0.39 is 10.0 Å². The summed E-state index contributed by atoms with van der Waals surface area (Å²) in [7, 11) is -3.46. The number of benzene rings is 1. The lowest BCUT2D eigenvalue weighted by Gasteiger charge is -2.23. The first-order valence-electron chi connectivity index (χ1n) is 7.39. The minimum absolute atomic E-state index is 0.331. The van der Waals surface area contributed by atoms with E-state index in [1.165, 1.54) is 0 Å². The van der Waals surface area contributed by atoms with Crippen molar-refractivity contribution in [1.82, 2.24) is 4.31 Å². The summed E-state index contributed by atoms with van der Waals surface area (Å²) in [6.45, 7) is 5.38. The van der Waals surface area contributed by atoms with Crippen molar-refractivity contribution in [2.75, 3.05) is 13.1 Å². The highest BCUT2D eigenvalue weighted by Gasteiger charge is 2.32. The summed E-state index contributed by atoms with van der Waals surface area (Å²) >= 11 is 3.44. The number of rotatable bonds is 7. The number of halogens is 1. The standard InChI is InChI=1S/C15H23BrN2O2S/c1-3-6-18(10-12-4-5-12)21(19,20)15-8-13(9-17)7-14(16)11(15)2/h7-8,12H,3-6,9-10,17H2,1-2H3. The summed E-state index contributed by atoms with van der Waals surface area (Å²) < 4.78 is 28.4. The Hall–Kier alpha value is -0.430. The Morgan fingerprint density at radius 2 is 2.05 bits per heavy atom. The van der Waals surface area contributed by atoms with E-state index in [2.05, 4.69) is 15.9 Å². The molecule has 1 aromatic rings. The van der Waals surface area contributed by atoms with Crippen molar-refractivity contribution in [3.63, 3.8) is 0 Å². The van der Waals surface area contributed by atoms with Gasteiger partial charge in [0.15, 0.2) is 0 Å². The van der Waals surface area contributed by atoms with Crippen LogP contribution in [-0.4, -0.2) is 25.8 Å². The average molecular weight is 375 g/mol. The number of nitrogens with two attached hydrogens (primary N) is 1. The van der Waals surface area contributed by atoms with Crippen LogP contribution in [0.15, 0.2) is 21.5 Å². The van der Waals surface area contributed by atoms with Crippen LogP contribution in [0, 0.1) is 12.8 Å². The van der Waals surface area contributed by atoms with Crippen LogP contribution < -0.4 is 5.73 Å². The van der Waals surface area contributed by atoms with Crippen LogP contribution in [0.1, 0.15) is 37.3 Å². The van der Waals surface area contributed by atoms with Crippen molar-refractivity contribution >= 4 is 26.0 Å². The smallest absolute Gasteiger partial charge is 0.243 e. The third-order valence-corrected chi connectivity index (χ3v) is 6.66. The van der Waals surface area contributed by atoms with Gasteiger partial charge in [0, 0.05) is 24.1 Å². The first-order valence-corrected chi connectivity index (χ1v) is 9.62. The van der Waals surface area contributed by atoms with Crippen molar-refractivity contribution in [3.8, 4) is 0 Å². The van der Waals surface area contributed by atoms with E-state index in [1.807, 2.05) is 19.9 Å². The largest absolute Gasteiger partial charge is 0.326 e. The summed E-state index contributed by atoms with van der Waals surface area (Å²) in [5, 5.41) is 0. The normalized spacial score (nSPS) is 15.7. The number of hydrogen-bond donors (Lipinski definition) is 1. The van der Waals surface area contributed by atoms with E-state index in [0.717, 1.165) is 34.9 Å². The first-order chi connectivity index (χ1) is 9.90. The van der Waals surface area contributed by atoms with Gasteiger partial charge in [-0.3, -0.25) is 0 Å². The summed E-state index contributed by atoms with van der Waals surface area (Å²) in [5.41, 5.74) is 7.26. The molecule has 21 heavy (non-hydrogen) atoms. The van der Waals surface area contributed by atoms with Gasteiger partial charge in [0.2, 0.25) is 10.0 Å². The third kappa shape index (κ3) is 3.86. The molecule has 1 aliphatic rings. The van der Waals surface area contributed by atoms with E-state index in [9.17, 15) is 8.42 Å². The van der Waals surface area contributed by atoms with Gasteiger partial charge >= 0.3 is 0 Å². The summed E-state index contributed by atoms with van der Waals surface area (Å²) in [5.74, 6) is 0.535. The maximum absolute atomic E-state index is 13.0. The number of hydrogen-bond acceptors (Lipinski definition) is 3. The highest BCUT2D eigenvalue weighted by atomic mass is 79.9. The number of sulfonamides is 1. The Balaban J connectivity index is 2.42. The lowest BCUT2D eigenvalue weighted by atomic mass is 10.1. The van der Waals surface area contributed by atoms with Crippen LogP contribution in [-0.2, 0) is 16.6 Å². The van der Waals surface area contributed by atoms with Gasteiger partial charge in [-0.1, -0.05) is 22.9 Å². The van der Waals surface area contributed by atoms with Gasteiger partial charge in [-0.05, 0) is 55.4 Å². The van der Waals surface area contributed by atoms with Crippen LogP contribution >= 0.6 is 15.9 Å². The fraction of sp³-hybridized carbons (Fsp3) is 0.600. The molecule has 6 heteroatoms. The highest BCUT2D eigenvalue weighted by molar-refractivity contribution is 9.10. The van der Waals surface area contributed by atoms with Crippen LogP contribution in [0.3, 0.4) is 0 Å². The van der Waals surface area contributed by atoms with Crippen LogP contribution in [0.2, 0.25) is 0 Å². The van der Waals surface area contributed by atoms with E-state index in [1.54, 1.807) is 10.4 Å². The molecular formula is C15H23BrN2O2S. The van der Waals surface area contributed by atoms with E-state index in [0.29, 0.717) is 30.4 Å². The zero-order valence-corrected chi connectivity index (χ0v) is 15.0. The Labute approximate surface area is 135 Å². The molecule has 0 bridgehead atoms. The zero-order valence-electron chi connectivity index (χ0n) is 12.6. The highest BCUT2D eigenvalue weighted by Crippen LogP contribution is 2.33. The minimum Gasteiger partial charge on any atom is -0.326 e. The molecule has 0 radical (unpaired) electrons. The molecule has 0 aliphatic heterocycles. The fourth-order valence-corrected chi connectivity index (χ4v) is 4.92. The van der Waals surface area contributed by atoms with Gasteiger partial charge in [0.25, 0.3) is 0 Å². The molecule has 4 nitrogen and oxygen atoms in total. The van der Waals surface area contributed by atoms with Crippen molar-refractivity contribution in [1.29, 1.82) is 0 Å². The lowest BCUT2D eigenvalue weighted by Crippen LogP contribution is -2.34. The van der Waals surface area contributed by atoms with E-state index >= 15 is 0 Å². The Morgan fingerprint density at radius 3 is 2.57 bits per heavy atom. The molecule has 0 unspecified atom stereocenters. The molecule has 0 aromatic heterocycles. The van der Waals surface area contributed by atoms with Crippen LogP contribution in [0.25, 0.3) is 0 Å². The number of nitrogens with zero attached hydrogens (tertiary/aromatic N) is 1. The predicted molar refractivity (Wildman–Crippen MR) is 88.5 cm³/mol. The molecule has 0 spiro atoms. The van der Waals surface area contributed by atoms with Gasteiger partial charge in [0.1, 0.15) is 0 Å². The van der Waals surface area contributed by atoms with Gasteiger partial charge in [-0.25, -0.2) is 8.42 Å². The zero-order chi connectivity index (χ0) is 15.6.